The Hall–Kier alpha value is -1.14. The Balaban J connectivity index is 4.23. The Morgan fingerprint density at radius 1 is 1.38 bits per heavy atom. The normalized spacial score (nSPS) is 14.6. The number of aliphatic hydroxyl groups is 1. The molecule has 0 saturated carbocycles. The van der Waals surface area contributed by atoms with Crippen LogP contribution in [0.4, 0.5) is 0 Å². The average Bonchev–Trinajstić information content (AvgIpc) is 2.15. The third-order valence-corrected chi connectivity index (χ3v) is 2.09. The van der Waals surface area contributed by atoms with Crippen molar-refractivity contribution in [3.63, 3.8) is 0 Å². The maximum absolute atomic E-state index is 11.5. The highest BCUT2D eigenvalue weighted by Crippen LogP contribution is 2.03. The average molecular weight is 232 g/mol. The molecule has 0 unspecified atom stereocenters. The zero-order valence-corrected chi connectivity index (χ0v) is 9.64. The number of aliphatic hydroxyl groups excluding tert-OH is 1. The largest absolute Gasteiger partial charge is 0.480 e. The number of rotatable bonds is 7. The molecule has 0 aromatic heterocycles. The molecule has 0 heterocycles. The fourth-order valence-electron chi connectivity index (χ4n) is 1.28. The van der Waals surface area contributed by atoms with Crippen LogP contribution >= 0.6 is 0 Å². The summed E-state index contributed by atoms with van der Waals surface area (Å²) >= 11 is 0. The molecule has 0 aliphatic rings. The van der Waals surface area contributed by atoms with Gasteiger partial charge >= 0.3 is 5.97 Å². The minimum Gasteiger partial charge on any atom is -0.480 e. The van der Waals surface area contributed by atoms with Crippen molar-refractivity contribution in [3.05, 3.63) is 0 Å². The van der Waals surface area contributed by atoms with Gasteiger partial charge in [0.05, 0.1) is 6.04 Å². The van der Waals surface area contributed by atoms with E-state index in [9.17, 15) is 9.59 Å². The van der Waals surface area contributed by atoms with Gasteiger partial charge in [0.2, 0.25) is 5.91 Å². The van der Waals surface area contributed by atoms with E-state index < -0.39 is 24.0 Å². The lowest BCUT2D eigenvalue weighted by Gasteiger charge is -2.18. The first-order valence-electron chi connectivity index (χ1n) is 5.28. The van der Waals surface area contributed by atoms with E-state index in [1.54, 1.807) is 0 Å². The summed E-state index contributed by atoms with van der Waals surface area (Å²) in [6, 6.07) is -1.78. The van der Waals surface area contributed by atoms with E-state index in [1.807, 2.05) is 13.8 Å². The van der Waals surface area contributed by atoms with Crippen LogP contribution in [0.3, 0.4) is 0 Å². The second-order valence-corrected chi connectivity index (χ2v) is 4.15. The van der Waals surface area contributed by atoms with Crippen molar-refractivity contribution in [3.8, 4) is 0 Å². The summed E-state index contributed by atoms with van der Waals surface area (Å²) in [6.45, 7) is 3.56. The Labute approximate surface area is 94.8 Å². The molecule has 6 heteroatoms. The van der Waals surface area contributed by atoms with E-state index >= 15 is 0 Å². The van der Waals surface area contributed by atoms with Crippen LogP contribution in [0.25, 0.3) is 0 Å². The molecular weight excluding hydrogens is 212 g/mol. The van der Waals surface area contributed by atoms with Crippen molar-refractivity contribution in [2.24, 2.45) is 11.7 Å². The summed E-state index contributed by atoms with van der Waals surface area (Å²) in [5.41, 5.74) is 5.60. The Morgan fingerprint density at radius 2 is 1.94 bits per heavy atom. The first-order chi connectivity index (χ1) is 7.38. The van der Waals surface area contributed by atoms with Crippen LogP contribution < -0.4 is 11.1 Å². The molecule has 0 aliphatic heterocycles. The van der Waals surface area contributed by atoms with E-state index in [0.717, 1.165) is 0 Å². The standard InChI is InChI=1S/C10H20N2O4/c1-6(2)5-7(11)9(14)12-8(3-4-13)10(15)16/h6-8,13H,3-5,11H2,1-2H3,(H,12,14)(H,15,16)/t7-,8-/m1/s1. The third kappa shape index (κ3) is 5.67. The molecule has 0 rings (SSSR count). The molecule has 16 heavy (non-hydrogen) atoms. The number of nitrogens with one attached hydrogen (secondary N) is 1. The van der Waals surface area contributed by atoms with Crippen molar-refractivity contribution in [1.29, 1.82) is 0 Å². The molecule has 94 valence electrons. The zero-order chi connectivity index (χ0) is 12.7. The third-order valence-electron chi connectivity index (χ3n) is 2.09. The number of amides is 1. The molecule has 0 radical (unpaired) electrons. The summed E-state index contributed by atoms with van der Waals surface area (Å²) in [4.78, 5) is 22.2. The van der Waals surface area contributed by atoms with Crippen LogP contribution in [-0.4, -0.2) is 40.8 Å². The lowest BCUT2D eigenvalue weighted by Crippen LogP contribution is -2.49. The summed E-state index contributed by atoms with van der Waals surface area (Å²) in [6.07, 6.45) is 0.479. The SMILES string of the molecule is CC(C)C[C@@H](N)C(=O)N[C@H](CCO)C(=O)O. The van der Waals surface area contributed by atoms with Gasteiger partial charge in [-0.2, -0.15) is 0 Å². The van der Waals surface area contributed by atoms with Gasteiger partial charge in [-0.1, -0.05) is 13.8 Å². The second kappa shape index (κ2) is 7.19. The quantitative estimate of drug-likeness (QED) is 0.464. The second-order valence-electron chi connectivity index (χ2n) is 4.15. The van der Waals surface area contributed by atoms with Crippen molar-refractivity contribution >= 4 is 11.9 Å². The molecule has 0 aromatic rings. The van der Waals surface area contributed by atoms with Crippen LogP contribution in [0.2, 0.25) is 0 Å². The summed E-state index contributed by atoms with van der Waals surface area (Å²) < 4.78 is 0. The zero-order valence-electron chi connectivity index (χ0n) is 9.64. The predicted octanol–water partition coefficient (Wildman–Crippen LogP) is -0.688. The Bertz CT molecular complexity index is 243. The van der Waals surface area contributed by atoms with Crippen molar-refractivity contribution in [2.75, 3.05) is 6.61 Å². The van der Waals surface area contributed by atoms with E-state index in [-0.39, 0.29) is 18.9 Å². The van der Waals surface area contributed by atoms with Crippen LogP contribution in [0.1, 0.15) is 26.7 Å². The topological polar surface area (TPSA) is 113 Å². The number of nitrogens with two attached hydrogens (primary N) is 1. The molecule has 0 fully saturated rings. The van der Waals surface area contributed by atoms with Gasteiger partial charge in [-0.3, -0.25) is 4.79 Å². The van der Waals surface area contributed by atoms with Gasteiger partial charge in [0.25, 0.3) is 0 Å². The first kappa shape index (κ1) is 14.9. The first-order valence-corrected chi connectivity index (χ1v) is 5.28. The van der Waals surface area contributed by atoms with Crippen LogP contribution in [0.15, 0.2) is 0 Å². The van der Waals surface area contributed by atoms with Gasteiger partial charge in [-0.15, -0.1) is 0 Å². The molecule has 2 atom stereocenters. The molecule has 0 spiro atoms. The van der Waals surface area contributed by atoms with Gasteiger partial charge in [0.15, 0.2) is 0 Å². The number of hydrogen-bond acceptors (Lipinski definition) is 4. The molecule has 6 nitrogen and oxygen atoms in total. The molecule has 1 amide bonds. The molecule has 0 saturated heterocycles. The van der Waals surface area contributed by atoms with E-state index in [1.165, 1.54) is 0 Å². The fraction of sp³-hybridized carbons (Fsp3) is 0.800. The number of aliphatic carboxylic acids is 1. The monoisotopic (exact) mass is 232 g/mol. The van der Waals surface area contributed by atoms with Gasteiger partial charge in [-0.05, 0) is 12.3 Å². The number of carbonyl (C=O) groups excluding carboxylic acids is 1. The fourth-order valence-corrected chi connectivity index (χ4v) is 1.28. The van der Waals surface area contributed by atoms with Gasteiger partial charge in [-0.25, -0.2) is 4.79 Å². The maximum Gasteiger partial charge on any atom is 0.326 e. The Kier molecular flexibility index (Phi) is 6.67. The van der Waals surface area contributed by atoms with Gasteiger partial charge in [0.1, 0.15) is 6.04 Å². The highest BCUT2D eigenvalue weighted by Gasteiger charge is 2.22. The Morgan fingerprint density at radius 3 is 2.31 bits per heavy atom. The van der Waals surface area contributed by atoms with E-state index in [4.69, 9.17) is 15.9 Å². The van der Waals surface area contributed by atoms with Crippen molar-refractivity contribution in [2.45, 2.75) is 38.8 Å². The van der Waals surface area contributed by atoms with Crippen LogP contribution in [0, 0.1) is 5.92 Å². The molecule has 5 N–H and O–H groups in total. The van der Waals surface area contributed by atoms with Crippen molar-refractivity contribution < 1.29 is 19.8 Å². The maximum atomic E-state index is 11.5. The molecule has 0 aromatic carbocycles. The minimum atomic E-state index is -1.17. The van der Waals surface area contributed by atoms with Crippen LogP contribution in [-0.2, 0) is 9.59 Å². The van der Waals surface area contributed by atoms with E-state index in [2.05, 4.69) is 5.32 Å². The molecule has 0 bridgehead atoms. The summed E-state index contributed by atoms with van der Waals surface area (Å²) in [5.74, 6) is -1.39. The lowest BCUT2D eigenvalue weighted by atomic mass is 10.0. The summed E-state index contributed by atoms with van der Waals surface area (Å²) in [7, 11) is 0. The number of carbonyl (C=O) groups is 2. The number of hydrogen-bond donors (Lipinski definition) is 4. The minimum absolute atomic E-state index is 0.0184. The predicted molar refractivity (Wildman–Crippen MR) is 58.7 cm³/mol. The van der Waals surface area contributed by atoms with Crippen molar-refractivity contribution in [1.82, 2.24) is 5.32 Å². The summed E-state index contributed by atoms with van der Waals surface area (Å²) in [5, 5.41) is 19.7. The highest BCUT2D eigenvalue weighted by atomic mass is 16.4. The smallest absolute Gasteiger partial charge is 0.326 e. The number of carboxylic acid groups (broad SMARTS) is 1. The lowest BCUT2D eigenvalue weighted by molar-refractivity contribution is -0.142. The molecule has 0 aliphatic carbocycles. The van der Waals surface area contributed by atoms with E-state index in [0.29, 0.717) is 6.42 Å². The highest BCUT2D eigenvalue weighted by molar-refractivity contribution is 5.86. The van der Waals surface area contributed by atoms with Gasteiger partial charge in [0, 0.05) is 13.0 Å². The molecular formula is C10H20N2O4. The number of carboxylic acids is 1. The van der Waals surface area contributed by atoms with Gasteiger partial charge < -0.3 is 21.3 Å². The van der Waals surface area contributed by atoms with Crippen LogP contribution in [0.5, 0.6) is 0 Å².